The SMILES string of the molecule is CSCCC(NC(=O)C(CCC(N)=O)NC(=O)C(CS)NC(=O)C(N)Cc1ccc(O)cc1)C(=O)O. The first-order chi connectivity index (χ1) is 17.0. The summed E-state index contributed by atoms with van der Waals surface area (Å²) in [4.78, 5) is 60.8. The van der Waals surface area contributed by atoms with Crippen LogP contribution in [0.2, 0.25) is 0 Å². The van der Waals surface area contributed by atoms with Gasteiger partial charge in [0.15, 0.2) is 0 Å². The number of carboxylic acids is 1. The molecule has 1 rings (SSSR count). The first-order valence-corrected chi connectivity index (χ1v) is 13.1. The summed E-state index contributed by atoms with van der Waals surface area (Å²) in [7, 11) is 0. The number of nitrogens with one attached hydrogen (secondary N) is 3. The number of aromatic hydroxyl groups is 1. The molecule has 36 heavy (non-hydrogen) atoms. The smallest absolute Gasteiger partial charge is 0.326 e. The van der Waals surface area contributed by atoms with Gasteiger partial charge in [0.25, 0.3) is 0 Å². The highest BCUT2D eigenvalue weighted by atomic mass is 32.2. The first kappa shape index (κ1) is 31.1. The lowest BCUT2D eigenvalue weighted by Gasteiger charge is -2.24. The zero-order valence-electron chi connectivity index (χ0n) is 19.8. The second kappa shape index (κ2) is 15.9. The third-order valence-electron chi connectivity index (χ3n) is 5.08. The minimum Gasteiger partial charge on any atom is -0.508 e. The summed E-state index contributed by atoms with van der Waals surface area (Å²) >= 11 is 5.50. The third kappa shape index (κ3) is 11.2. The van der Waals surface area contributed by atoms with E-state index in [0.717, 1.165) is 0 Å². The molecule has 4 amide bonds. The highest BCUT2D eigenvalue weighted by Gasteiger charge is 2.30. The Morgan fingerprint density at radius 2 is 1.50 bits per heavy atom. The number of nitrogens with two attached hydrogens (primary N) is 2. The van der Waals surface area contributed by atoms with E-state index < -0.39 is 53.8 Å². The largest absolute Gasteiger partial charge is 0.508 e. The summed E-state index contributed by atoms with van der Waals surface area (Å²) in [6.45, 7) is 0. The van der Waals surface area contributed by atoms with Crippen LogP contribution in [-0.2, 0) is 30.4 Å². The summed E-state index contributed by atoms with van der Waals surface area (Å²) in [5, 5.41) is 26.0. The fraction of sp³-hybridized carbons (Fsp3) is 0.500. The van der Waals surface area contributed by atoms with Crippen LogP contribution in [0.25, 0.3) is 0 Å². The molecule has 0 saturated heterocycles. The van der Waals surface area contributed by atoms with Crippen molar-refractivity contribution in [2.75, 3.05) is 17.8 Å². The first-order valence-electron chi connectivity index (χ1n) is 11.0. The van der Waals surface area contributed by atoms with Crippen molar-refractivity contribution in [1.82, 2.24) is 16.0 Å². The van der Waals surface area contributed by atoms with Crippen LogP contribution >= 0.6 is 24.4 Å². The van der Waals surface area contributed by atoms with Gasteiger partial charge in [0.2, 0.25) is 23.6 Å². The van der Waals surface area contributed by atoms with Gasteiger partial charge in [-0.1, -0.05) is 12.1 Å². The highest BCUT2D eigenvalue weighted by molar-refractivity contribution is 7.98. The van der Waals surface area contributed by atoms with Crippen LogP contribution in [0, 0.1) is 0 Å². The van der Waals surface area contributed by atoms with Gasteiger partial charge in [-0.3, -0.25) is 19.2 Å². The number of phenols is 1. The number of carbonyl (C=O) groups is 5. The van der Waals surface area contributed by atoms with E-state index in [9.17, 15) is 34.2 Å². The van der Waals surface area contributed by atoms with Gasteiger partial charge in [-0.15, -0.1) is 0 Å². The lowest BCUT2D eigenvalue weighted by molar-refractivity contribution is -0.142. The fourth-order valence-corrected chi connectivity index (χ4v) is 3.77. The molecule has 0 bridgehead atoms. The summed E-state index contributed by atoms with van der Waals surface area (Å²) in [6.07, 6.45) is 1.68. The molecule has 0 heterocycles. The Balaban J connectivity index is 2.85. The standard InChI is InChI=1S/C22H33N5O7S2/c1-36-9-8-16(22(33)34)26-20(31)15(6-7-18(24)29)25-21(32)17(11-35)27-19(30)14(23)10-12-2-4-13(28)5-3-12/h2-5,14-17,28,35H,6-11,23H2,1H3,(H2,24,29)(H,25,32)(H,26,31)(H,27,30)(H,33,34). The predicted octanol–water partition coefficient (Wildman–Crippen LogP) is -1.25. The van der Waals surface area contributed by atoms with Gasteiger partial charge >= 0.3 is 5.97 Å². The Bertz CT molecular complexity index is 917. The third-order valence-corrected chi connectivity index (χ3v) is 6.09. The maximum Gasteiger partial charge on any atom is 0.326 e. The molecule has 0 radical (unpaired) electrons. The lowest BCUT2D eigenvalue weighted by Crippen LogP contribution is -2.58. The molecule has 1 aromatic carbocycles. The van der Waals surface area contributed by atoms with Gasteiger partial charge in [0.05, 0.1) is 6.04 Å². The van der Waals surface area contributed by atoms with Crippen LogP contribution in [0.1, 0.15) is 24.8 Å². The molecule has 200 valence electrons. The van der Waals surface area contributed by atoms with E-state index in [4.69, 9.17) is 11.5 Å². The van der Waals surface area contributed by atoms with Crippen molar-refractivity contribution in [3.63, 3.8) is 0 Å². The lowest BCUT2D eigenvalue weighted by atomic mass is 10.1. The van der Waals surface area contributed by atoms with Crippen molar-refractivity contribution in [2.45, 2.75) is 49.9 Å². The molecule has 0 aromatic heterocycles. The number of hydrogen-bond acceptors (Lipinski definition) is 9. The van der Waals surface area contributed by atoms with E-state index in [-0.39, 0.29) is 37.2 Å². The number of hydrogen-bond donors (Lipinski definition) is 8. The predicted molar refractivity (Wildman–Crippen MR) is 138 cm³/mol. The van der Waals surface area contributed by atoms with Crippen LogP contribution in [-0.4, -0.2) is 81.7 Å². The summed E-state index contributed by atoms with van der Waals surface area (Å²) in [5.41, 5.74) is 11.8. The van der Waals surface area contributed by atoms with Gasteiger partial charge in [0.1, 0.15) is 23.9 Å². The number of rotatable bonds is 16. The van der Waals surface area contributed by atoms with E-state index in [1.54, 1.807) is 18.4 Å². The molecule has 9 N–H and O–H groups in total. The van der Waals surface area contributed by atoms with Crippen LogP contribution < -0.4 is 27.4 Å². The van der Waals surface area contributed by atoms with E-state index in [0.29, 0.717) is 11.3 Å². The molecule has 4 unspecified atom stereocenters. The van der Waals surface area contributed by atoms with Crippen LogP contribution in [0.3, 0.4) is 0 Å². The van der Waals surface area contributed by atoms with Crippen molar-refractivity contribution < 1.29 is 34.2 Å². The average Bonchev–Trinajstić information content (AvgIpc) is 2.83. The average molecular weight is 544 g/mol. The number of carboxylic acid groups (broad SMARTS) is 1. The Labute approximate surface area is 218 Å². The number of primary amides is 1. The Kier molecular flexibility index (Phi) is 13.7. The van der Waals surface area contributed by atoms with Gasteiger partial charge in [-0.25, -0.2) is 4.79 Å². The maximum atomic E-state index is 12.8. The fourth-order valence-electron chi connectivity index (χ4n) is 3.04. The van der Waals surface area contributed by atoms with Crippen molar-refractivity contribution in [3.05, 3.63) is 29.8 Å². The maximum absolute atomic E-state index is 12.8. The van der Waals surface area contributed by atoms with Crippen LogP contribution in [0.5, 0.6) is 5.75 Å². The number of aliphatic carboxylic acids is 1. The number of thiol groups is 1. The highest BCUT2D eigenvalue weighted by Crippen LogP contribution is 2.11. The van der Waals surface area contributed by atoms with E-state index >= 15 is 0 Å². The molecule has 0 spiro atoms. The molecule has 0 aliphatic rings. The summed E-state index contributed by atoms with van der Waals surface area (Å²) in [5.74, 6) is -3.73. The Hall–Kier alpha value is -2.97. The van der Waals surface area contributed by atoms with Crippen molar-refractivity contribution in [2.24, 2.45) is 11.5 Å². The van der Waals surface area contributed by atoms with Crippen molar-refractivity contribution in [3.8, 4) is 5.75 Å². The molecular weight excluding hydrogens is 510 g/mol. The zero-order chi connectivity index (χ0) is 27.3. The van der Waals surface area contributed by atoms with Gasteiger partial charge in [-0.2, -0.15) is 24.4 Å². The minimum absolute atomic E-state index is 0.0671. The molecule has 4 atom stereocenters. The molecule has 0 aliphatic heterocycles. The van der Waals surface area contributed by atoms with Gasteiger partial charge < -0.3 is 37.6 Å². The molecule has 0 saturated carbocycles. The van der Waals surface area contributed by atoms with Crippen molar-refractivity contribution in [1.29, 1.82) is 0 Å². The van der Waals surface area contributed by atoms with E-state index in [1.807, 2.05) is 0 Å². The Morgan fingerprint density at radius 3 is 2.03 bits per heavy atom. The molecule has 14 heteroatoms. The number of benzene rings is 1. The number of carbonyl (C=O) groups excluding carboxylic acids is 4. The number of thioether (sulfide) groups is 1. The molecule has 0 fully saturated rings. The Morgan fingerprint density at radius 1 is 0.944 bits per heavy atom. The number of amides is 4. The quantitative estimate of drug-likeness (QED) is 0.117. The normalized spacial score (nSPS) is 14.1. The van der Waals surface area contributed by atoms with Crippen molar-refractivity contribution >= 4 is 54.0 Å². The van der Waals surface area contributed by atoms with Gasteiger partial charge in [0, 0.05) is 12.2 Å². The van der Waals surface area contributed by atoms with Gasteiger partial charge in [-0.05, 0) is 49.0 Å². The van der Waals surface area contributed by atoms with E-state index in [2.05, 4.69) is 28.6 Å². The monoisotopic (exact) mass is 543 g/mol. The molecular formula is C22H33N5O7S2. The second-order valence-electron chi connectivity index (χ2n) is 7.97. The molecule has 0 aliphatic carbocycles. The summed E-state index contributed by atoms with van der Waals surface area (Å²) < 4.78 is 0. The van der Waals surface area contributed by atoms with Crippen LogP contribution in [0.15, 0.2) is 24.3 Å². The summed E-state index contributed by atoms with van der Waals surface area (Å²) in [6, 6.07) is 1.50. The zero-order valence-corrected chi connectivity index (χ0v) is 21.5. The van der Waals surface area contributed by atoms with Crippen LogP contribution in [0.4, 0.5) is 0 Å². The molecule has 12 nitrogen and oxygen atoms in total. The van der Waals surface area contributed by atoms with E-state index in [1.165, 1.54) is 23.9 Å². The second-order valence-corrected chi connectivity index (χ2v) is 9.32. The topological polar surface area (TPSA) is 214 Å². The number of phenolic OH excluding ortho intramolecular Hbond substituents is 1. The minimum atomic E-state index is -1.27. The molecule has 1 aromatic rings.